The molecule has 19 heavy (non-hydrogen) atoms. The fourth-order valence-corrected chi connectivity index (χ4v) is 3.05. The maximum absolute atomic E-state index is 6.18. The zero-order valence-corrected chi connectivity index (χ0v) is 14.8. The minimum Gasteiger partial charge on any atom is -0.417 e. The number of hydrogen-bond donors (Lipinski definition) is 0. The summed E-state index contributed by atoms with van der Waals surface area (Å²) in [5.41, 5.74) is 0. The average molecular weight is 287 g/mol. The van der Waals surface area contributed by atoms with Crippen LogP contribution in [0.5, 0.6) is 0 Å². The van der Waals surface area contributed by atoms with Crippen molar-refractivity contribution in [3.63, 3.8) is 0 Å². The standard InChI is InChI=1S/C16H34O2Si/c1-16(2,3)19(4,5)18-13-11-9-7-6-8-10-12-15-14-17-15/h15H,6-14H2,1-5H3/t15-/m1/s1. The van der Waals surface area contributed by atoms with E-state index in [1.165, 1.54) is 44.9 Å². The highest BCUT2D eigenvalue weighted by Gasteiger charge is 2.36. The van der Waals surface area contributed by atoms with E-state index in [0.717, 1.165) is 13.2 Å². The lowest BCUT2D eigenvalue weighted by atomic mass is 10.1. The zero-order chi connectivity index (χ0) is 14.4. The lowest BCUT2D eigenvalue weighted by Gasteiger charge is -2.36. The second kappa shape index (κ2) is 7.80. The van der Waals surface area contributed by atoms with Crippen LogP contribution in [0.1, 0.15) is 65.7 Å². The Morgan fingerprint density at radius 2 is 1.53 bits per heavy atom. The van der Waals surface area contributed by atoms with Gasteiger partial charge in [-0.15, -0.1) is 0 Å². The van der Waals surface area contributed by atoms with Crippen LogP contribution in [0.2, 0.25) is 18.1 Å². The first-order valence-electron chi connectivity index (χ1n) is 8.08. The third-order valence-corrected chi connectivity index (χ3v) is 9.13. The molecule has 3 heteroatoms. The molecule has 0 aromatic heterocycles. The number of hydrogen-bond acceptors (Lipinski definition) is 2. The van der Waals surface area contributed by atoms with E-state index in [2.05, 4.69) is 33.9 Å². The highest BCUT2D eigenvalue weighted by Crippen LogP contribution is 2.36. The van der Waals surface area contributed by atoms with E-state index < -0.39 is 8.32 Å². The molecule has 1 heterocycles. The van der Waals surface area contributed by atoms with Crippen molar-refractivity contribution in [1.82, 2.24) is 0 Å². The molecule has 0 N–H and O–H groups in total. The van der Waals surface area contributed by atoms with Gasteiger partial charge in [0.25, 0.3) is 0 Å². The van der Waals surface area contributed by atoms with E-state index in [-0.39, 0.29) is 0 Å². The smallest absolute Gasteiger partial charge is 0.191 e. The third kappa shape index (κ3) is 7.47. The summed E-state index contributed by atoms with van der Waals surface area (Å²) < 4.78 is 11.4. The van der Waals surface area contributed by atoms with E-state index >= 15 is 0 Å². The van der Waals surface area contributed by atoms with Gasteiger partial charge in [0.2, 0.25) is 0 Å². The van der Waals surface area contributed by atoms with Crippen LogP contribution < -0.4 is 0 Å². The minimum absolute atomic E-state index is 0.345. The van der Waals surface area contributed by atoms with E-state index in [1.807, 2.05) is 0 Å². The van der Waals surface area contributed by atoms with Crippen molar-refractivity contribution in [2.45, 2.75) is 90.0 Å². The zero-order valence-electron chi connectivity index (χ0n) is 13.8. The second-order valence-electron chi connectivity index (χ2n) is 7.47. The van der Waals surface area contributed by atoms with Crippen molar-refractivity contribution in [2.75, 3.05) is 13.2 Å². The molecule has 0 aromatic rings. The van der Waals surface area contributed by atoms with E-state index in [9.17, 15) is 0 Å². The average Bonchev–Trinajstić information content (AvgIpc) is 3.09. The van der Waals surface area contributed by atoms with Gasteiger partial charge in [-0.1, -0.05) is 52.9 Å². The summed E-state index contributed by atoms with van der Waals surface area (Å²) >= 11 is 0. The molecule has 0 aliphatic carbocycles. The molecule has 0 amide bonds. The van der Waals surface area contributed by atoms with Crippen molar-refractivity contribution < 1.29 is 9.16 Å². The molecule has 114 valence electrons. The Morgan fingerprint density at radius 1 is 1.00 bits per heavy atom. The predicted octanol–water partition coefficient (Wildman–Crippen LogP) is 5.14. The monoisotopic (exact) mass is 286 g/mol. The molecular formula is C16H34O2Si. The van der Waals surface area contributed by atoms with Crippen LogP contribution in [-0.2, 0) is 9.16 Å². The summed E-state index contributed by atoms with van der Waals surface area (Å²) in [7, 11) is -1.51. The summed E-state index contributed by atoms with van der Waals surface area (Å²) in [4.78, 5) is 0. The minimum atomic E-state index is -1.51. The van der Waals surface area contributed by atoms with Gasteiger partial charge in [0.1, 0.15) is 0 Å². The van der Waals surface area contributed by atoms with Crippen LogP contribution >= 0.6 is 0 Å². The molecule has 1 atom stereocenters. The van der Waals surface area contributed by atoms with Crippen LogP contribution in [0.15, 0.2) is 0 Å². The van der Waals surface area contributed by atoms with Gasteiger partial charge in [-0.2, -0.15) is 0 Å². The van der Waals surface area contributed by atoms with Gasteiger partial charge in [0, 0.05) is 6.61 Å². The number of rotatable bonds is 10. The normalized spacial score (nSPS) is 19.7. The van der Waals surface area contributed by atoms with Crippen LogP contribution in [0.3, 0.4) is 0 Å². The third-order valence-electron chi connectivity index (χ3n) is 4.59. The molecule has 0 unspecified atom stereocenters. The molecule has 0 radical (unpaired) electrons. The molecular weight excluding hydrogens is 252 g/mol. The SMILES string of the molecule is CC(C)(C)[Si](C)(C)OCCCCCCCC[C@@H]1CO1. The Hall–Kier alpha value is 0.137. The van der Waals surface area contributed by atoms with Crippen LogP contribution in [0.4, 0.5) is 0 Å². The van der Waals surface area contributed by atoms with Gasteiger partial charge in [0.05, 0.1) is 12.7 Å². The molecule has 2 nitrogen and oxygen atoms in total. The Morgan fingerprint density at radius 3 is 2.05 bits per heavy atom. The lowest BCUT2D eigenvalue weighted by Crippen LogP contribution is -2.40. The number of unbranched alkanes of at least 4 members (excludes halogenated alkanes) is 5. The summed E-state index contributed by atoms with van der Waals surface area (Å²) in [5, 5.41) is 0.345. The highest BCUT2D eigenvalue weighted by atomic mass is 28.4. The maximum Gasteiger partial charge on any atom is 0.191 e. The maximum atomic E-state index is 6.18. The van der Waals surface area contributed by atoms with Crippen LogP contribution in [0, 0.1) is 0 Å². The Kier molecular flexibility index (Phi) is 7.05. The second-order valence-corrected chi connectivity index (χ2v) is 12.3. The first-order valence-corrected chi connectivity index (χ1v) is 11.0. The summed E-state index contributed by atoms with van der Waals surface area (Å²) in [5.74, 6) is 0. The Bertz CT molecular complexity index is 242. The van der Waals surface area contributed by atoms with Gasteiger partial charge in [-0.3, -0.25) is 0 Å². The molecule has 1 aliphatic rings. The van der Waals surface area contributed by atoms with Crippen molar-refractivity contribution in [1.29, 1.82) is 0 Å². The predicted molar refractivity (Wildman–Crippen MR) is 85.2 cm³/mol. The van der Waals surface area contributed by atoms with Crippen LogP contribution in [-0.4, -0.2) is 27.6 Å². The fraction of sp³-hybridized carbons (Fsp3) is 1.00. The van der Waals surface area contributed by atoms with E-state index in [1.54, 1.807) is 0 Å². The molecule has 1 aliphatic heterocycles. The molecule has 0 saturated carbocycles. The van der Waals surface area contributed by atoms with E-state index in [4.69, 9.17) is 9.16 Å². The van der Waals surface area contributed by atoms with E-state index in [0.29, 0.717) is 11.1 Å². The number of epoxide rings is 1. The van der Waals surface area contributed by atoms with Crippen molar-refractivity contribution >= 4 is 8.32 Å². The van der Waals surface area contributed by atoms with Gasteiger partial charge in [-0.05, 0) is 31.0 Å². The molecule has 1 rings (SSSR count). The number of ether oxygens (including phenoxy) is 1. The van der Waals surface area contributed by atoms with Crippen molar-refractivity contribution in [3.05, 3.63) is 0 Å². The molecule has 0 spiro atoms. The summed E-state index contributed by atoms with van der Waals surface area (Å²) in [6.45, 7) is 13.6. The van der Waals surface area contributed by atoms with Gasteiger partial charge in [0.15, 0.2) is 8.32 Å². The molecule has 0 aromatic carbocycles. The first kappa shape index (κ1) is 17.2. The summed E-state index contributed by atoms with van der Waals surface area (Å²) in [6, 6.07) is 0. The molecule has 1 saturated heterocycles. The molecule has 1 fully saturated rings. The highest BCUT2D eigenvalue weighted by molar-refractivity contribution is 6.74. The lowest BCUT2D eigenvalue weighted by molar-refractivity contribution is 0.277. The quantitative estimate of drug-likeness (QED) is 0.315. The largest absolute Gasteiger partial charge is 0.417 e. The first-order chi connectivity index (χ1) is 8.83. The fourth-order valence-electron chi connectivity index (χ4n) is 1.96. The molecule has 0 bridgehead atoms. The summed E-state index contributed by atoms with van der Waals surface area (Å²) in [6.07, 6.45) is 9.95. The van der Waals surface area contributed by atoms with Gasteiger partial charge in [-0.25, -0.2) is 0 Å². The topological polar surface area (TPSA) is 21.8 Å². The van der Waals surface area contributed by atoms with Crippen LogP contribution in [0.25, 0.3) is 0 Å². The van der Waals surface area contributed by atoms with Crippen molar-refractivity contribution in [2.24, 2.45) is 0 Å². The Labute approximate surface area is 121 Å². The van der Waals surface area contributed by atoms with Crippen molar-refractivity contribution in [3.8, 4) is 0 Å². The van der Waals surface area contributed by atoms with Gasteiger partial charge >= 0.3 is 0 Å². The Balaban J connectivity index is 1.87. The van der Waals surface area contributed by atoms with Gasteiger partial charge < -0.3 is 9.16 Å².